The molecule has 0 aliphatic heterocycles. The monoisotopic (exact) mass is 267 g/mol. The molecule has 19 heavy (non-hydrogen) atoms. The third-order valence-corrected chi connectivity index (χ3v) is 2.84. The Balaban J connectivity index is 2.56. The Morgan fingerprint density at radius 1 is 1.32 bits per heavy atom. The molecule has 0 unspecified atom stereocenters. The predicted octanol–water partition coefficient (Wildman–Crippen LogP) is 2.86. The first-order valence-electron chi connectivity index (χ1n) is 6.39. The number of halogens is 1. The molecule has 0 heterocycles. The van der Waals surface area contributed by atoms with Gasteiger partial charge in [-0.2, -0.15) is 0 Å². The average molecular weight is 267 g/mol. The topological polar surface area (TPSA) is 30.5 Å². The normalized spacial score (nSPS) is 11.7. The Labute approximate surface area is 114 Å². The van der Waals surface area contributed by atoms with Crippen LogP contribution in [0.4, 0.5) is 4.39 Å². The van der Waals surface area contributed by atoms with Gasteiger partial charge in [-0.3, -0.25) is 0 Å². The van der Waals surface area contributed by atoms with Gasteiger partial charge in [0.2, 0.25) is 0 Å². The molecule has 4 heteroatoms. The van der Waals surface area contributed by atoms with Gasteiger partial charge in [0.1, 0.15) is 11.6 Å². The van der Waals surface area contributed by atoms with E-state index in [0.717, 1.165) is 30.6 Å². The fourth-order valence-corrected chi connectivity index (χ4v) is 1.79. The van der Waals surface area contributed by atoms with Crippen molar-refractivity contribution in [1.82, 2.24) is 5.32 Å². The Hall–Kier alpha value is -1.39. The molecule has 1 rings (SSSR count). The first-order chi connectivity index (χ1) is 9.19. The summed E-state index contributed by atoms with van der Waals surface area (Å²) < 4.78 is 23.4. The largest absolute Gasteiger partial charge is 0.496 e. The van der Waals surface area contributed by atoms with Crippen molar-refractivity contribution in [3.8, 4) is 5.75 Å². The summed E-state index contributed by atoms with van der Waals surface area (Å²) in [6.07, 6.45) is 2.96. The van der Waals surface area contributed by atoms with Gasteiger partial charge in [-0.1, -0.05) is 6.08 Å². The van der Waals surface area contributed by atoms with Crippen molar-refractivity contribution < 1.29 is 13.9 Å². The highest BCUT2D eigenvalue weighted by atomic mass is 19.1. The van der Waals surface area contributed by atoms with Gasteiger partial charge >= 0.3 is 0 Å². The summed E-state index contributed by atoms with van der Waals surface area (Å²) in [5.41, 5.74) is 1.82. The number of hydrogen-bond donors (Lipinski definition) is 1. The predicted molar refractivity (Wildman–Crippen MR) is 76.0 cm³/mol. The quantitative estimate of drug-likeness (QED) is 0.735. The highest BCUT2D eigenvalue weighted by Gasteiger charge is 2.05. The van der Waals surface area contributed by atoms with E-state index >= 15 is 0 Å². The summed E-state index contributed by atoms with van der Waals surface area (Å²) in [5.74, 6) is 0.448. The minimum absolute atomic E-state index is 0.248. The minimum atomic E-state index is -0.248. The highest BCUT2D eigenvalue weighted by Crippen LogP contribution is 2.26. The molecule has 0 fully saturated rings. The number of rotatable bonds is 8. The standard InChI is InChI=1S/C15H22FNO2/c1-12(5-4-8-17-9-10-18-2)14-11-13(16)6-7-15(14)19-3/h5-7,11,17H,4,8-10H2,1-3H3/b12-5-. The molecule has 0 aliphatic rings. The Kier molecular flexibility index (Phi) is 7.15. The van der Waals surface area contributed by atoms with E-state index in [2.05, 4.69) is 11.4 Å². The fraction of sp³-hybridized carbons (Fsp3) is 0.467. The molecule has 0 bridgehead atoms. The van der Waals surface area contributed by atoms with Crippen molar-refractivity contribution in [3.05, 3.63) is 35.7 Å². The van der Waals surface area contributed by atoms with Gasteiger partial charge in [-0.25, -0.2) is 4.39 Å². The first kappa shape index (κ1) is 15.7. The van der Waals surface area contributed by atoms with Crippen LogP contribution in [-0.2, 0) is 4.74 Å². The van der Waals surface area contributed by atoms with E-state index in [1.54, 1.807) is 20.3 Å². The van der Waals surface area contributed by atoms with Crippen LogP contribution in [0.25, 0.3) is 5.57 Å². The van der Waals surface area contributed by atoms with Crippen LogP contribution in [0.1, 0.15) is 18.9 Å². The fourth-order valence-electron chi connectivity index (χ4n) is 1.79. The van der Waals surface area contributed by atoms with Gasteiger partial charge in [0.25, 0.3) is 0 Å². The maximum atomic E-state index is 13.3. The van der Waals surface area contributed by atoms with Crippen LogP contribution >= 0.6 is 0 Å². The minimum Gasteiger partial charge on any atom is -0.496 e. The second-order valence-corrected chi connectivity index (χ2v) is 4.26. The maximum Gasteiger partial charge on any atom is 0.126 e. The van der Waals surface area contributed by atoms with Gasteiger partial charge < -0.3 is 14.8 Å². The van der Waals surface area contributed by atoms with Gasteiger partial charge in [0.15, 0.2) is 0 Å². The van der Waals surface area contributed by atoms with E-state index in [0.29, 0.717) is 12.4 Å². The first-order valence-corrected chi connectivity index (χ1v) is 6.39. The van der Waals surface area contributed by atoms with Gasteiger partial charge in [0.05, 0.1) is 13.7 Å². The van der Waals surface area contributed by atoms with Crippen molar-refractivity contribution in [2.75, 3.05) is 33.9 Å². The maximum absolute atomic E-state index is 13.3. The van der Waals surface area contributed by atoms with Crippen LogP contribution in [0, 0.1) is 5.82 Å². The average Bonchev–Trinajstić information content (AvgIpc) is 2.42. The lowest BCUT2D eigenvalue weighted by Gasteiger charge is -2.09. The van der Waals surface area contributed by atoms with Crippen molar-refractivity contribution in [1.29, 1.82) is 0 Å². The molecule has 0 saturated carbocycles. The molecule has 0 aliphatic carbocycles. The summed E-state index contributed by atoms with van der Waals surface area (Å²) in [4.78, 5) is 0. The molecule has 106 valence electrons. The van der Waals surface area contributed by atoms with Crippen LogP contribution in [0.3, 0.4) is 0 Å². The van der Waals surface area contributed by atoms with Crippen molar-refractivity contribution >= 4 is 5.57 Å². The van der Waals surface area contributed by atoms with Crippen LogP contribution < -0.4 is 10.1 Å². The van der Waals surface area contributed by atoms with E-state index in [1.807, 2.05) is 6.92 Å². The molecule has 0 aromatic heterocycles. The zero-order valence-electron chi connectivity index (χ0n) is 11.8. The van der Waals surface area contributed by atoms with E-state index in [-0.39, 0.29) is 5.82 Å². The van der Waals surface area contributed by atoms with E-state index in [9.17, 15) is 4.39 Å². The number of ether oxygens (including phenoxy) is 2. The zero-order chi connectivity index (χ0) is 14.1. The van der Waals surface area contributed by atoms with E-state index in [4.69, 9.17) is 9.47 Å². The van der Waals surface area contributed by atoms with Crippen LogP contribution in [0.5, 0.6) is 5.75 Å². The molecule has 0 amide bonds. The van der Waals surface area contributed by atoms with E-state index < -0.39 is 0 Å². The summed E-state index contributed by atoms with van der Waals surface area (Å²) in [6, 6.07) is 4.56. The number of benzene rings is 1. The second kappa shape index (κ2) is 8.67. The molecule has 1 aromatic carbocycles. The SMILES string of the molecule is COCCNCC/C=C(/C)c1cc(F)ccc1OC. The lowest BCUT2D eigenvalue weighted by atomic mass is 10.0. The number of allylic oxidation sites excluding steroid dienone is 1. The summed E-state index contributed by atoms with van der Waals surface area (Å²) in [5, 5.41) is 3.26. The zero-order valence-corrected chi connectivity index (χ0v) is 11.8. The molecule has 0 radical (unpaired) electrons. The van der Waals surface area contributed by atoms with Crippen LogP contribution in [-0.4, -0.2) is 33.9 Å². The molecule has 1 N–H and O–H groups in total. The lowest BCUT2D eigenvalue weighted by Crippen LogP contribution is -2.19. The Bertz CT molecular complexity index is 419. The molecular formula is C15H22FNO2. The molecule has 0 spiro atoms. The molecule has 0 atom stereocenters. The van der Waals surface area contributed by atoms with Gasteiger partial charge in [-0.15, -0.1) is 0 Å². The third kappa shape index (κ3) is 5.41. The van der Waals surface area contributed by atoms with E-state index in [1.165, 1.54) is 12.1 Å². The summed E-state index contributed by atoms with van der Waals surface area (Å²) >= 11 is 0. The van der Waals surface area contributed by atoms with Crippen LogP contribution in [0.2, 0.25) is 0 Å². The van der Waals surface area contributed by atoms with Crippen molar-refractivity contribution in [2.45, 2.75) is 13.3 Å². The molecule has 1 aromatic rings. The Morgan fingerprint density at radius 3 is 2.79 bits per heavy atom. The number of methoxy groups -OCH3 is 2. The number of hydrogen-bond acceptors (Lipinski definition) is 3. The Morgan fingerprint density at radius 2 is 2.11 bits per heavy atom. The third-order valence-electron chi connectivity index (χ3n) is 2.84. The molecular weight excluding hydrogens is 245 g/mol. The highest BCUT2D eigenvalue weighted by molar-refractivity contribution is 5.69. The van der Waals surface area contributed by atoms with Crippen LogP contribution in [0.15, 0.2) is 24.3 Å². The molecule has 0 saturated heterocycles. The van der Waals surface area contributed by atoms with Crippen molar-refractivity contribution in [3.63, 3.8) is 0 Å². The van der Waals surface area contributed by atoms with Gasteiger partial charge in [-0.05, 0) is 43.7 Å². The number of nitrogens with one attached hydrogen (secondary N) is 1. The molecule has 3 nitrogen and oxygen atoms in total. The second-order valence-electron chi connectivity index (χ2n) is 4.26. The smallest absolute Gasteiger partial charge is 0.126 e. The summed E-state index contributed by atoms with van der Waals surface area (Å²) in [7, 11) is 3.28. The van der Waals surface area contributed by atoms with Gasteiger partial charge in [0, 0.05) is 19.2 Å². The van der Waals surface area contributed by atoms with Crippen molar-refractivity contribution in [2.24, 2.45) is 0 Å². The lowest BCUT2D eigenvalue weighted by molar-refractivity contribution is 0.199. The summed E-state index contributed by atoms with van der Waals surface area (Å²) in [6.45, 7) is 4.39.